The number of ether oxygens (including phenoxy) is 1. The highest BCUT2D eigenvalue weighted by molar-refractivity contribution is 7.98. The van der Waals surface area contributed by atoms with Crippen LogP contribution in [0.3, 0.4) is 0 Å². The Kier molecular flexibility index (Phi) is 15.1. The summed E-state index contributed by atoms with van der Waals surface area (Å²) in [5, 5.41) is 5.76. The second kappa shape index (κ2) is 19.0. The molecule has 4 N–H and O–H groups in total. The first-order valence-corrected chi connectivity index (χ1v) is 17.2. The molecule has 0 unspecified atom stereocenters. The van der Waals surface area contributed by atoms with Gasteiger partial charge in [-0.15, -0.1) is 12.4 Å². The number of benzene rings is 4. The van der Waals surface area contributed by atoms with E-state index in [1.54, 1.807) is 86.3 Å². The van der Waals surface area contributed by atoms with Crippen LogP contribution in [-0.2, 0) is 35.2 Å². The molecule has 49 heavy (non-hydrogen) atoms. The highest BCUT2D eigenvalue weighted by atomic mass is 35.5. The predicted molar refractivity (Wildman–Crippen MR) is 196 cm³/mol. The fourth-order valence-corrected chi connectivity index (χ4v) is 5.67. The van der Waals surface area contributed by atoms with E-state index >= 15 is 0 Å². The van der Waals surface area contributed by atoms with Crippen LogP contribution in [0.25, 0.3) is 0 Å². The number of hydrogen-bond acceptors (Lipinski definition) is 6. The maximum atomic E-state index is 13.8. The van der Waals surface area contributed by atoms with Crippen LogP contribution in [0.2, 0.25) is 0 Å². The minimum absolute atomic E-state index is 0. The van der Waals surface area contributed by atoms with Crippen molar-refractivity contribution in [2.75, 3.05) is 23.1 Å². The molecule has 260 valence electrons. The summed E-state index contributed by atoms with van der Waals surface area (Å²) in [6, 6.07) is 21.8. The summed E-state index contributed by atoms with van der Waals surface area (Å²) >= 11 is 1.55. The molecule has 0 radical (unpaired) electrons. The fraction of sp³-hybridized carbons (Fsp3) is 0.289. The number of carbonyl (C=O) groups excluding carboxylic acids is 3. The van der Waals surface area contributed by atoms with Crippen molar-refractivity contribution in [1.29, 1.82) is 0 Å². The molecule has 4 rings (SSSR count). The maximum Gasteiger partial charge on any atom is 0.328 e. The van der Waals surface area contributed by atoms with Gasteiger partial charge in [0.25, 0.3) is 11.8 Å². The third kappa shape index (κ3) is 11.9. The zero-order valence-corrected chi connectivity index (χ0v) is 29.4. The van der Waals surface area contributed by atoms with Crippen molar-refractivity contribution in [1.82, 2.24) is 5.32 Å². The van der Waals surface area contributed by atoms with Gasteiger partial charge in [0.05, 0.1) is 6.10 Å². The first-order chi connectivity index (χ1) is 23.0. The number of nitrogens with two attached hydrogens (primary N) is 1. The van der Waals surface area contributed by atoms with Crippen molar-refractivity contribution in [2.45, 2.75) is 58.1 Å². The number of hydrogen-bond donors (Lipinski definition) is 3. The summed E-state index contributed by atoms with van der Waals surface area (Å²) in [6.45, 7) is 3.50. The van der Waals surface area contributed by atoms with Gasteiger partial charge in [0.1, 0.15) is 17.7 Å². The first kappa shape index (κ1) is 39.0. The van der Waals surface area contributed by atoms with Gasteiger partial charge in [-0.05, 0) is 129 Å². The van der Waals surface area contributed by atoms with Crippen molar-refractivity contribution in [3.05, 3.63) is 130 Å². The van der Waals surface area contributed by atoms with Crippen LogP contribution in [0.4, 0.5) is 20.2 Å². The SMILES string of the molecule is CSCC[C@H](NC(=O)c1cc(NC(=O)c2cc(N)ccc2CCc2ccc(F)cc2)ccc1CCc1ccc(F)cc1)C(=O)OC(C)C.Cl. The summed E-state index contributed by atoms with van der Waals surface area (Å²) < 4.78 is 32.3. The van der Waals surface area contributed by atoms with Crippen LogP contribution in [0.1, 0.15) is 63.2 Å². The highest BCUT2D eigenvalue weighted by Gasteiger charge is 2.25. The van der Waals surface area contributed by atoms with Crippen LogP contribution in [0.15, 0.2) is 84.9 Å². The Bertz CT molecular complexity index is 1720. The van der Waals surface area contributed by atoms with Gasteiger partial charge >= 0.3 is 5.97 Å². The van der Waals surface area contributed by atoms with Gasteiger partial charge < -0.3 is 21.1 Å². The number of nitrogen functional groups attached to an aromatic ring is 1. The number of amides is 2. The molecule has 11 heteroatoms. The van der Waals surface area contributed by atoms with Gasteiger partial charge in [0.15, 0.2) is 0 Å². The molecule has 0 saturated carbocycles. The standard InChI is InChI=1S/C38H41F2N3O4S.ClH/c1-24(2)47-38(46)35(20-21-48-3)43-37(45)34-23-32(19-13-28(34)11-5-26-8-16-30(40)17-9-26)42-36(44)33-22-31(41)18-12-27(33)10-4-25-6-14-29(39)15-7-25;/h6-9,12-19,22-24,35H,4-5,10-11,20-21,41H2,1-3H3,(H,42,44)(H,43,45);1H/t35-;/m0./s1. The van der Waals surface area contributed by atoms with Crippen LogP contribution in [0.5, 0.6) is 0 Å². The molecule has 0 bridgehead atoms. The average molecular weight is 710 g/mol. The highest BCUT2D eigenvalue weighted by Crippen LogP contribution is 2.23. The quantitative estimate of drug-likeness (QED) is 0.0867. The van der Waals surface area contributed by atoms with E-state index in [1.165, 1.54) is 24.3 Å². The molecule has 0 aliphatic rings. The number of nitrogens with one attached hydrogen (secondary N) is 2. The fourth-order valence-electron chi connectivity index (χ4n) is 5.20. The summed E-state index contributed by atoms with van der Waals surface area (Å²) in [7, 11) is 0. The minimum atomic E-state index is -0.855. The summed E-state index contributed by atoms with van der Waals surface area (Å²) in [5.41, 5.74) is 10.8. The average Bonchev–Trinajstić information content (AvgIpc) is 3.06. The van der Waals surface area contributed by atoms with E-state index in [0.29, 0.717) is 65.9 Å². The van der Waals surface area contributed by atoms with Gasteiger partial charge in [-0.25, -0.2) is 13.6 Å². The van der Waals surface area contributed by atoms with E-state index in [2.05, 4.69) is 10.6 Å². The van der Waals surface area contributed by atoms with Crippen LogP contribution in [0, 0.1) is 11.6 Å². The number of anilines is 2. The molecule has 0 fully saturated rings. The largest absolute Gasteiger partial charge is 0.461 e. The number of thioether (sulfide) groups is 1. The number of esters is 1. The molecule has 1 atom stereocenters. The van der Waals surface area contributed by atoms with Gasteiger partial charge in [0.2, 0.25) is 0 Å². The van der Waals surface area contributed by atoms with E-state index in [0.717, 1.165) is 16.7 Å². The Balaban J connectivity index is 0.00000650. The Morgan fingerprint density at radius 1 is 0.755 bits per heavy atom. The molecule has 7 nitrogen and oxygen atoms in total. The lowest BCUT2D eigenvalue weighted by Gasteiger charge is -2.20. The molecule has 4 aromatic carbocycles. The molecular formula is C38H42ClF2N3O4S. The normalized spacial score (nSPS) is 11.4. The van der Waals surface area contributed by atoms with E-state index in [4.69, 9.17) is 10.5 Å². The number of halogens is 3. The molecule has 0 heterocycles. The van der Waals surface area contributed by atoms with Gasteiger partial charge in [0, 0.05) is 22.5 Å². The van der Waals surface area contributed by atoms with E-state index in [-0.39, 0.29) is 30.1 Å². The number of aryl methyl sites for hydroxylation is 4. The maximum absolute atomic E-state index is 13.8. The van der Waals surface area contributed by atoms with Crippen LogP contribution >= 0.6 is 24.2 Å². The van der Waals surface area contributed by atoms with Crippen molar-refractivity contribution in [2.24, 2.45) is 0 Å². The summed E-state index contributed by atoms with van der Waals surface area (Å²) in [5.74, 6) is -1.40. The molecule has 0 aromatic heterocycles. The summed E-state index contributed by atoms with van der Waals surface area (Å²) in [4.78, 5) is 40.3. The second-order valence-electron chi connectivity index (χ2n) is 11.8. The lowest BCUT2D eigenvalue weighted by atomic mass is 9.97. The topological polar surface area (TPSA) is 111 Å². The zero-order valence-electron chi connectivity index (χ0n) is 27.8. The van der Waals surface area contributed by atoms with Crippen molar-refractivity contribution < 1.29 is 27.9 Å². The third-order valence-electron chi connectivity index (χ3n) is 7.74. The second-order valence-corrected chi connectivity index (χ2v) is 12.8. The molecule has 2 amide bonds. The van der Waals surface area contributed by atoms with Crippen LogP contribution < -0.4 is 16.4 Å². The lowest BCUT2D eigenvalue weighted by Crippen LogP contribution is -2.43. The van der Waals surface area contributed by atoms with E-state index in [1.807, 2.05) is 6.26 Å². The molecule has 0 spiro atoms. The minimum Gasteiger partial charge on any atom is -0.461 e. The lowest BCUT2D eigenvalue weighted by molar-refractivity contribution is -0.149. The molecule has 0 saturated heterocycles. The van der Waals surface area contributed by atoms with Crippen molar-refractivity contribution >= 4 is 53.3 Å². The summed E-state index contributed by atoms with van der Waals surface area (Å²) in [6.07, 6.45) is 4.07. The first-order valence-electron chi connectivity index (χ1n) is 15.8. The van der Waals surface area contributed by atoms with E-state index in [9.17, 15) is 23.2 Å². The zero-order chi connectivity index (χ0) is 34.6. The third-order valence-corrected chi connectivity index (χ3v) is 8.38. The Morgan fingerprint density at radius 2 is 1.29 bits per heavy atom. The number of carbonyl (C=O) groups is 3. The molecule has 0 aliphatic carbocycles. The Labute approximate surface area is 296 Å². The number of rotatable bonds is 15. The molecular weight excluding hydrogens is 668 g/mol. The van der Waals surface area contributed by atoms with Gasteiger partial charge in [-0.1, -0.05) is 36.4 Å². The van der Waals surface area contributed by atoms with E-state index < -0.39 is 23.8 Å². The predicted octanol–water partition coefficient (Wildman–Crippen LogP) is 7.59. The van der Waals surface area contributed by atoms with Crippen molar-refractivity contribution in [3.63, 3.8) is 0 Å². The molecule has 0 aliphatic heterocycles. The Morgan fingerprint density at radius 3 is 1.82 bits per heavy atom. The Hall–Kier alpha value is -4.41. The van der Waals surface area contributed by atoms with Crippen molar-refractivity contribution in [3.8, 4) is 0 Å². The van der Waals surface area contributed by atoms with Gasteiger partial charge in [-0.3, -0.25) is 9.59 Å². The van der Waals surface area contributed by atoms with Crippen LogP contribution in [-0.4, -0.2) is 41.9 Å². The smallest absolute Gasteiger partial charge is 0.328 e. The molecule has 4 aromatic rings. The van der Waals surface area contributed by atoms with Gasteiger partial charge in [-0.2, -0.15) is 11.8 Å². The monoisotopic (exact) mass is 709 g/mol.